The Balaban J connectivity index is 0.000000574. The van der Waals surface area contributed by atoms with E-state index in [2.05, 4.69) is 29.6 Å². The number of carbonyl (C=O) groups excluding carboxylic acids is 1. The van der Waals surface area contributed by atoms with Gasteiger partial charge in [-0.05, 0) is 25.5 Å². The van der Waals surface area contributed by atoms with Crippen LogP contribution in [0.5, 0.6) is 0 Å². The van der Waals surface area contributed by atoms with Crippen LogP contribution in [-0.2, 0) is 4.79 Å². The van der Waals surface area contributed by atoms with Crippen LogP contribution in [-0.4, -0.2) is 22.4 Å². The number of thioether (sulfide) groups is 2. The van der Waals surface area contributed by atoms with Crippen LogP contribution < -0.4 is 5.32 Å². The fourth-order valence-corrected chi connectivity index (χ4v) is 5.42. The van der Waals surface area contributed by atoms with Crippen molar-refractivity contribution in [3.8, 4) is 0 Å². The van der Waals surface area contributed by atoms with Crippen molar-refractivity contribution >= 4 is 29.3 Å². The average Bonchev–Trinajstić information content (AvgIpc) is 2.95. The van der Waals surface area contributed by atoms with Gasteiger partial charge in [0.2, 0.25) is 0 Å². The Kier molecular flexibility index (Phi) is 4.41. The van der Waals surface area contributed by atoms with E-state index in [0.717, 1.165) is 13.0 Å². The molecule has 2 aliphatic rings. The summed E-state index contributed by atoms with van der Waals surface area (Å²) in [5.74, 6) is 0.258. The maximum Gasteiger partial charge on any atom is 0.146 e. The molecular formula is C14H19NOS2. The first kappa shape index (κ1) is 14.0. The molecule has 1 saturated heterocycles. The minimum Gasteiger partial charge on any atom is -0.305 e. The number of carbonyl (C=O) groups is 1. The fourth-order valence-electron chi connectivity index (χ4n) is 2.22. The Morgan fingerprint density at radius 1 is 1.28 bits per heavy atom. The molecule has 0 bridgehead atoms. The largest absolute Gasteiger partial charge is 0.305 e. The number of fused-ring (bicyclic) bond motifs is 1. The number of nitrogens with one attached hydrogen (secondary N) is 1. The van der Waals surface area contributed by atoms with Crippen molar-refractivity contribution in [1.29, 1.82) is 0 Å². The zero-order chi connectivity index (χ0) is 13.2. The van der Waals surface area contributed by atoms with Gasteiger partial charge in [0.25, 0.3) is 0 Å². The third kappa shape index (κ3) is 2.60. The van der Waals surface area contributed by atoms with E-state index in [4.69, 9.17) is 0 Å². The second kappa shape index (κ2) is 5.68. The molecule has 1 N–H and O–H groups in total. The normalized spacial score (nSPS) is 23.4. The third-order valence-electron chi connectivity index (χ3n) is 3.06. The SMILES string of the molecule is CC.CC(=O)C1CC2(CN1)Sc1ccccc1S2. The van der Waals surface area contributed by atoms with Gasteiger partial charge in [-0.2, -0.15) is 0 Å². The highest BCUT2D eigenvalue weighted by Gasteiger charge is 2.46. The summed E-state index contributed by atoms with van der Waals surface area (Å²) in [4.78, 5) is 14.1. The molecule has 1 fully saturated rings. The molecule has 0 aliphatic carbocycles. The minimum atomic E-state index is 0.0503. The van der Waals surface area contributed by atoms with Gasteiger partial charge in [-0.3, -0.25) is 4.79 Å². The van der Waals surface area contributed by atoms with Gasteiger partial charge in [-0.25, -0.2) is 0 Å². The smallest absolute Gasteiger partial charge is 0.146 e. The summed E-state index contributed by atoms with van der Waals surface area (Å²) < 4.78 is 0.153. The van der Waals surface area contributed by atoms with E-state index in [9.17, 15) is 4.79 Å². The summed E-state index contributed by atoms with van der Waals surface area (Å²) in [7, 11) is 0. The zero-order valence-electron chi connectivity index (χ0n) is 11.0. The van der Waals surface area contributed by atoms with Crippen molar-refractivity contribution in [2.24, 2.45) is 0 Å². The number of hydrogen-bond donors (Lipinski definition) is 1. The van der Waals surface area contributed by atoms with Crippen LogP contribution in [0.3, 0.4) is 0 Å². The summed E-state index contributed by atoms with van der Waals surface area (Å²) in [6, 6.07) is 8.55. The van der Waals surface area contributed by atoms with Gasteiger partial charge in [0.05, 0.1) is 10.1 Å². The molecule has 4 heteroatoms. The first-order chi connectivity index (χ1) is 8.69. The molecule has 0 aromatic heterocycles. The van der Waals surface area contributed by atoms with Crippen LogP contribution in [0.25, 0.3) is 0 Å². The average molecular weight is 281 g/mol. The topological polar surface area (TPSA) is 29.1 Å². The van der Waals surface area contributed by atoms with Crippen molar-refractivity contribution in [1.82, 2.24) is 5.32 Å². The van der Waals surface area contributed by atoms with Gasteiger partial charge in [0, 0.05) is 16.3 Å². The molecule has 98 valence electrons. The van der Waals surface area contributed by atoms with Gasteiger partial charge in [-0.1, -0.05) is 26.0 Å². The molecule has 0 saturated carbocycles. The Bertz CT molecular complexity index is 422. The Morgan fingerprint density at radius 3 is 2.28 bits per heavy atom. The summed E-state index contributed by atoms with van der Waals surface area (Å²) >= 11 is 3.83. The van der Waals surface area contributed by atoms with Gasteiger partial charge in [0.15, 0.2) is 0 Å². The second-order valence-corrected chi connectivity index (χ2v) is 7.42. The van der Waals surface area contributed by atoms with Crippen molar-refractivity contribution in [3.63, 3.8) is 0 Å². The van der Waals surface area contributed by atoms with Crippen LogP contribution in [0.2, 0.25) is 0 Å². The lowest BCUT2D eigenvalue weighted by Crippen LogP contribution is -2.28. The van der Waals surface area contributed by atoms with Gasteiger partial charge in [-0.15, -0.1) is 23.5 Å². The van der Waals surface area contributed by atoms with E-state index in [1.807, 2.05) is 37.4 Å². The number of benzene rings is 1. The van der Waals surface area contributed by atoms with Crippen molar-refractivity contribution < 1.29 is 4.79 Å². The lowest BCUT2D eigenvalue weighted by atomic mass is 10.1. The summed E-state index contributed by atoms with van der Waals surface area (Å²) in [5, 5.41) is 3.33. The molecule has 1 aromatic carbocycles. The molecule has 2 nitrogen and oxygen atoms in total. The Labute approximate surface area is 117 Å². The molecule has 1 aromatic rings. The monoisotopic (exact) mass is 281 g/mol. The number of hydrogen-bond acceptors (Lipinski definition) is 4. The lowest BCUT2D eigenvalue weighted by molar-refractivity contribution is -0.118. The molecule has 0 radical (unpaired) electrons. The molecule has 0 amide bonds. The van der Waals surface area contributed by atoms with E-state index in [1.54, 1.807) is 6.92 Å². The Hall–Kier alpha value is -0.450. The van der Waals surface area contributed by atoms with Crippen LogP contribution in [0.4, 0.5) is 0 Å². The van der Waals surface area contributed by atoms with Crippen LogP contribution in [0.15, 0.2) is 34.1 Å². The molecule has 2 heterocycles. The lowest BCUT2D eigenvalue weighted by Gasteiger charge is -2.18. The molecule has 3 rings (SSSR count). The summed E-state index contributed by atoms with van der Waals surface area (Å²) in [6.45, 7) is 6.59. The maximum absolute atomic E-state index is 11.4. The van der Waals surface area contributed by atoms with Crippen LogP contribution >= 0.6 is 23.5 Å². The van der Waals surface area contributed by atoms with E-state index in [1.165, 1.54) is 9.79 Å². The van der Waals surface area contributed by atoms with Gasteiger partial charge in [0.1, 0.15) is 5.78 Å². The number of rotatable bonds is 1. The Morgan fingerprint density at radius 2 is 1.83 bits per heavy atom. The number of Topliss-reactive ketones (excluding diaryl/α,β-unsaturated/α-hetero) is 1. The van der Waals surface area contributed by atoms with E-state index in [0.29, 0.717) is 0 Å². The molecule has 1 unspecified atom stereocenters. The van der Waals surface area contributed by atoms with Gasteiger partial charge >= 0.3 is 0 Å². The van der Waals surface area contributed by atoms with Crippen molar-refractivity contribution in [2.45, 2.75) is 47.1 Å². The molecule has 2 aliphatic heterocycles. The molecule has 1 spiro atoms. The quantitative estimate of drug-likeness (QED) is 0.852. The molecular weight excluding hydrogens is 262 g/mol. The van der Waals surface area contributed by atoms with Crippen LogP contribution in [0.1, 0.15) is 27.2 Å². The van der Waals surface area contributed by atoms with Gasteiger partial charge < -0.3 is 5.32 Å². The van der Waals surface area contributed by atoms with E-state index in [-0.39, 0.29) is 15.9 Å². The van der Waals surface area contributed by atoms with E-state index < -0.39 is 0 Å². The summed E-state index contributed by atoms with van der Waals surface area (Å²) in [5.41, 5.74) is 0. The molecule has 1 atom stereocenters. The second-order valence-electron chi connectivity index (χ2n) is 4.31. The van der Waals surface area contributed by atoms with Crippen LogP contribution in [0, 0.1) is 0 Å². The maximum atomic E-state index is 11.4. The highest BCUT2D eigenvalue weighted by molar-refractivity contribution is 8.20. The third-order valence-corrected chi connectivity index (χ3v) is 6.21. The first-order valence-corrected chi connectivity index (χ1v) is 8.03. The molecule has 18 heavy (non-hydrogen) atoms. The highest BCUT2D eigenvalue weighted by atomic mass is 32.2. The minimum absolute atomic E-state index is 0.0503. The first-order valence-electron chi connectivity index (χ1n) is 6.39. The van der Waals surface area contributed by atoms with E-state index >= 15 is 0 Å². The predicted octanol–water partition coefficient (Wildman–Crippen LogP) is 3.56. The highest BCUT2D eigenvalue weighted by Crippen LogP contribution is 2.58. The van der Waals surface area contributed by atoms with Crippen molar-refractivity contribution in [3.05, 3.63) is 24.3 Å². The standard InChI is InChI=1S/C12H13NOS2.C2H6/c1-8(14)9-6-12(7-13-9)15-10-4-2-3-5-11(10)16-12;1-2/h2-5,9,13H,6-7H2,1H3;1-2H3. The number of ketones is 1. The van der Waals surface area contributed by atoms with Crippen molar-refractivity contribution in [2.75, 3.05) is 6.54 Å². The predicted molar refractivity (Wildman–Crippen MR) is 79.3 cm³/mol. The zero-order valence-corrected chi connectivity index (χ0v) is 12.7. The summed E-state index contributed by atoms with van der Waals surface area (Å²) in [6.07, 6.45) is 0.937. The fraction of sp³-hybridized carbons (Fsp3) is 0.500.